The number of carbonyl (C=O) groups excluding carboxylic acids is 2. The summed E-state index contributed by atoms with van der Waals surface area (Å²) in [6.07, 6.45) is 0. The van der Waals surface area contributed by atoms with E-state index in [1.807, 2.05) is 39.0 Å². The average Bonchev–Trinajstić information content (AvgIpc) is 3.10. The molecule has 31 heavy (non-hydrogen) atoms. The standard InChI is InChI=1S/C23H25FN2O4S/c1-13(2)15-9-8-14(3)10-18(15)30-12-20(27)25-26-23(28)22-16(11-29-4)21-17(24)6-5-7-19(21)31-22/h5-10,13H,11-12H2,1-4H3,(H,25,27)(H,26,28). The zero-order valence-electron chi connectivity index (χ0n) is 17.9. The maximum atomic E-state index is 14.3. The average molecular weight is 445 g/mol. The number of ether oxygens (including phenoxy) is 2. The number of methoxy groups -OCH3 is 1. The van der Waals surface area contributed by atoms with Crippen molar-refractivity contribution in [3.8, 4) is 5.75 Å². The van der Waals surface area contributed by atoms with Gasteiger partial charge in [0.1, 0.15) is 16.4 Å². The van der Waals surface area contributed by atoms with Gasteiger partial charge in [-0.15, -0.1) is 11.3 Å². The number of benzene rings is 2. The molecule has 8 heteroatoms. The van der Waals surface area contributed by atoms with Gasteiger partial charge in [0.05, 0.1) is 6.61 Å². The Morgan fingerprint density at radius 3 is 2.65 bits per heavy atom. The van der Waals surface area contributed by atoms with Crippen molar-refractivity contribution in [3.63, 3.8) is 0 Å². The van der Waals surface area contributed by atoms with Crippen molar-refractivity contribution in [2.24, 2.45) is 0 Å². The van der Waals surface area contributed by atoms with E-state index in [2.05, 4.69) is 10.9 Å². The summed E-state index contributed by atoms with van der Waals surface area (Å²) < 4.78 is 25.7. The van der Waals surface area contributed by atoms with E-state index in [0.29, 0.717) is 21.4 Å². The summed E-state index contributed by atoms with van der Waals surface area (Å²) in [4.78, 5) is 25.2. The van der Waals surface area contributed by atoms with E-state index in [0.717, 1.165) is 22.5 Å². The first-order valence-corrected chi connectivity index (χ1v) is 10.6. The predicted octanol–water partition coefficient (Wildman–Crippen LogP) is 4.46. The van der Waals surface area contributed by atoms with Crippen LogP contribution in [0.2, 0.25) is 0 Å². The van der Waals surface area contributed by atoms with Gasteiger partial charge in [0.15, 0.2) is 6.61 Å². The highest BCUT2D eigenvalue weighted by Gasteiger charge is 2.21. The maximum Gasteiger partial charge on any atom is 0.280 e. The fourth-order valence-electron chi connectivity index (χ4n) is 3.24. The quantitative estimate of drug-likeness (QED) is 0.528. The van der Waals surface area contributed by atoms with E-state index in [4.69, 9.17) is 9.47 Å². The number of aryl methyl sites for hydroxylation is 1. The van der Waals surface area contributed by atoms with Crippen LogP contribution in [0.4, 0.5) is 4.39 Å². The van der Waals surface area contributed by atoms with E-state index < -0.39 is 17.6 Å². The number of hydrogen-bond donors (Lipinski definition) is 2. The molecule has 1 heterocycles. The van der Waals surface area contributed by atoms with Crippen LogP contribution in [0.3, 0.4) is 0 Å². The lowest BCUT2D eigenvalue weighted by molar-refractivity contribution is -0.123. The molecule has 0 aliphatic carbocycles. The molecule has 0 aliphatic rings. The largest absolute Gasteiger partial charge is 0.483 e. The minimum atomic E-state index is -0.542. The Morgan fingerprint density at radius 1 is 1.16 bits per heavy atom. The Labute approximate surface area is 184 Å². The van der Waals surface area contributed by atoms with Crippen molar-refractivity contribution in [3.05, 3.63) is 63.8 Å². The Hall–Kier alpha value is -2.97. The van der Waals surface area contributed by atoms with Gasteiger partial charge < -0.3 is 9.47 Å². The van der Waals surface area contributed by atoms with Gasteiger partial charge >= 0.3 is 0 Å². The van der Waals surface area contributed by atoms with Crippen LogP contribution in [-0.2, 0) is 16.1 Å². The molecule has 2 aromatic carbocycles. The number of hydrazine groups is 1. The van der Waals surface area contributed by atoms with E-state index >= 15 is 0 Å². The van der Waals surface area contributed by atoms with Gasteiger partial charge in [-0.1, -0.05) is 32.0 Å². The molecule has 0 atom stereocenters. The molecule has 2 N–H and O–H groups in total. The zero-order chi connectivity index (χ0) is 22.5. The Morgan fingerprint density at radius 2 is 1.94 bits per heavy atom. The second kappa shape index (κ2) is 9.89. The van der Waals surface area contributed by atoms with Crippen LogP contribution in [-0.4, -0.2) is 25.5 Å². The predicted molar refractivity (Wildman–Crippen MR) is 119 cm³/mol. The van der Waals surface area contributed by atoms with Gasteiger partial charge in [0.25, 0.3) is 11.8 Å². The molecule has 3 aromatic rings. The number of nitrogens with one attached hydrogen (secondary N) is 2. The lowest BCUT2D eigenvalue weighted by atomic mass is 10.0. The molecule has 0 spiro atoms. The number of thiophene rings is 1. The normalized spacial score (nSPS) is 11.0. The molecule has 1 aromatic heterocycles. The third-order valence-corrected chi connectivity index (χ3v) is 5.92. The Balaban J connectivity index is 1.66. The van der Waals surface area contributed by atoms with Gasteiger partial charge in [-0.3, -0.25) is 20.4 Å². The van der Waals surface area contributed by atoms with Gasteiger partial charge in [-0.2, -0.15) is 0 Å². The Bertz CT molecular complexity index is 1110. The van der Waals surface area contributed by atoms with Crippen molar-refractivity contribution in [1.82, 2.24) is 10.9 Å². The molecule has 2 amide bonds. The second-order valence-electron chi connectivity index (χ2n) is 7.44. The lowest BCUT2D eigenvalue weighted by Crippen LogP contribution is -2.43. The highest BCUT2D eigenvalue weighted by Crippen LogP contribution is 2.33. The van der Waals surface area contributed by atoms with Gasteiger partial charge in [-0.25, -0.2) is 4.39 Å². The summed E-state index contributed by atoms with van der Waals surface area (Å²) in [5, 5.41) is 0.356. The van der Waals surface area contributed by atoms with Gasteiger partial charge in [0.2, 0.25) is 0 Å². The monoisotopic (exact) mass is 444 g/mol. The van der Waals surface area contributed by atoms with Crippen molar-refractivity contribution in [2.45, 2.75) is 33.3 Å². The van der Waals surface area contributed by atoms with Gasteiger partial charge in [0, 0.05) is 22.8 Å². The summed E-state index contributed by atoms with van der Waals surface area (Å²) in [5.74, 6) is -0.592. The highest BCUT2D eigenvalue weighted by atomic mass is 32.1. The first-order chi connectivity index (χ1) is 14.8. The van der Waals surface area contributed by atoms with Crippen LogP contribution < -0.4 is 15.6 Å². The fourth-order valence-corrected chi connectivity index (χ4v) is 4.36. The minimum absolute atomic E-state index is 0.0755. The molecule has 3 rings (SSSR count). The molecule has 0 bridgehead atoms. The molecule has 0 fully saturated rings. The molecule has 0 radical (unpaired) electrons. The first kappa shape index (κ1) is 22.7. The minimum Gasteiger partial charge on any atom is -0.483 e. The summed E-state index contributed by atoms with van der Waals surface area (Å²) in [6, 6.07) is 10.5. The third-order valence-electron chi connectivity index (χ3n) is 4.72. The first-order valence-electron chi connectivity index (χ1n) is 9.83. The van der Waals surface area contributed by atoms with Crippen LogP contribution in [0.25, 0.3) is 10.1 Å². The molecule has 164 valence electrons. The summed E-state index contributed by atoms with van der Waals surface area (Å²) in [7, 11) is 1.47. The van der Waals surface area contributed by atoms with Crippen molar-refractivity contribution in [2.75, 3.05) is 13.7 Å². The van der Waals surface area contributed by atoms with Crippen molar-refractivity contribution < 1.29 is 23.5 Å². The number of rotatable bonds is 7. The SMILES string of the molecule is COCc1c(C(=O)NNC(=O)COc2cc(C)ccc2C(C)C)sc2cccc(F)c12. The molecule has 6 nitrogen and oxygen atoms in total. The third kappa shape index (κ3) is 5.21. The smallest absolute Gasteiger partial charge is 0.280 e. The topological polar surface area (TPSA) is 76.7 Å². The van der Waals surface area contributed by atoms with Crippen LogP contribution in [0.15, 0.2) is 36.4 Å². The number of carbonyl (C=O) groups is 2. The summed E-state index contributed by atoms with van der Waals surface area (Å²) >= 11 is 1.14. The molecule has 0 unspecified atom stereocenters. The fraction of sp³-hybridized carbons (Fsp3) is 0.304. The van der Waals surface area contributed by atoms with E-state index in [1.54, 1.807) is 12.1 Å². The van der Waals surface area contributed by atoms with Crippen LogP contribution in [0.5, 0.6) is 5.75 Å². The number of amides is 2. The van der Waals surface area contributed by atoms with Crippen LogP contribution in [0.1, 0.15) is 46.1 Å². The molecular formula is C23H25FN2O4S. The highest BCUT2D eigenvalue weighted by molar-refractivity contribution is 7.21. The van der Waals surface area contributed by atoms with E-state index in [-0.39, 0.29) is 24.0 Å². The molecule has 0 saturated heterocycles. The molecule has 0 aliphatic heterocycles. The summed E-state index contributed by atoms with van der Waals surface area (Å²) in [6.45, 7) is 5.86. The zero-order valence-corrected chi connectivity index (χ0v) is 18.7. The lowest BCUT2D eigenvalue weighted by Gasteiger charge is -2.15. The van der Waals surface area contributed by atoms with Crippen LogP contribution >= 0.6 is 11.3 Å². The molecule has 0 saturated carbocycles. The number of fused-ring (bicyclic) bond motifs is 1. The van der Waals surface area contributed by atoms with Crippen molar-refractivity contribution >= 4 is 33.2 Å². The van der Waals surface area contributed by atoms with Crippen molar-refractivity contribution in [1.29, 1.82) is 0 Å². The van der Waals surface area contributed by atoms with E-state index in [9.17, 15) is 14.0 Å². The molecular weight excluding hydrogens is 419 g/mol. The van der Waals surface area contributed by atoms with Gasteiger partial charge in [-0.05, 0) is 42.2 Å². The number of halogens is 1. The van der Waals surface area contributed by atoms with E-state index in [1.165, 1.54) is 13.2 Å². The van der Waals surface area contributed by atoms with Crippen LogP contribution in [0, 0.1) is 12.7 Å². The summed E-state index contributed by atoms with van der Waals surface area (Å²) in [5.41, 5.74) is 7.20. The second-order valence-corrected chi connectivity index (χ2v) is 8.49. The number of hydrogen-bond acceptors (Lipinski definition) is 5. The maximum absolute atomic E-state index is 14.3. The Kier molecular flexibility index (Phi) is 7.25.